The SMILES string of the molecule is O=C(O)Cn1c(Cl)nc2cc(Cl)ccc21. The number of nitrogens with zero attached hydrogens (tertiary/aromatic N) is 2. The van der Waals surface area contributed by atoms with Gasteiger partial charge in [0.1, 0.15) is 6.54 Å². The van der Waals surface area contributed by atoms with Gasteiger partial charge in [0.2, 0.25) is 5.28 Å². The number of imidazole rings is 1. The Balaban J connectivity index is 2.63. The number of carbonyl (C=O) groups is 1. The van der Waals surface area contributed by atoms with Gasteiger partial charge in [0.05, 0.1) is 11.0 Å². The number of halogens is 2. The van der Waals surface area contributed by atoms with Crippen LogP contribution < -0.4 is 0 Å². The first-order chi connectivity index (χ1) is 7.08. The maximum Gasteiger partial charge on any atom is 0.323 e. The number of rotatable bonds is 2. The van der Waals surface area contributed by atoms with Crippen LogP contribution in [0.25, 0.3) is 11.0 Å². The van der Waals surface area contributed by atoms with Crippen molar-refractivity contribution in [3.05, 3.63) is 28.5 Å². The highest BCUT2D eigenvalue weighted by molar-refractivity contribution is 6.31. The molecule has 6 heteroatoms. The van der Waals surface area contributed by atoms with Crippen LogP contribution in [-0.2, 0) is 11.3 Å². The van der Waals surface area contributed by atoms with E-state index in [4.69, 9.17) is 28.3 Å². The predicted octanol–water partition coefficient (Wildman–Crippen LogP) is 2.43. The van der Waals surface area contributed by atoms with Crippen LogP contribution in [0.5, 0.6) is 0 Å². The Morgan fingerprint density at radius 1 is 1.47 bits per heavy atom. The lowest BCUT2D eigenvalue weighted by Gasteiger charge is -2.00. The molecule has 0 radical (unpaired) electrons. The van der Waals surface area contributed by atoms with Crippen LogP contribution in [0.3, 0.4) is 0 Å². The molecule has 2 rings (SSSR count). The molecule has 0 bridgehead atoms. The Labute approximate surface area is 95.0 Å². The van der Waals surface area contributed by atoms with Crippen molar-refractivity contribution in [3.63, 3.8) is 0 Å². The zero-order valence-corrected chi connectivity index (χ0v) is 8.96. The highest BCUT2D eigenvalue weighted by Gasteiger charge is 2.11. The zero-order valence-electron chi connectivity index (χ0n) is 7.44. The van der Waals surface area contributed by atoms with Crippen LogP contribution in [0.15, 0.2) is 18.2 Å². The largest absolute Gasteiger partial charge is 0.480 e. The normalized spacial score (nSPS) is 10.8. The molecule has 15 heavy (non-hydrogen) atoms. The topological polar surface area (TPSA) is 55.1 Å². The summed E-state index contributed by atoms with van der Waals surface area (Å²) < 4.78 is 1.41. The number of aromatic nitrogens is 2. The van der Waals surface area contributed by atoms with Crippen molar-refractivity contribution in [2.45, 2.75) is 6.54 Å². The first-order valence-corrected chi connectivity index (χ1v) is 4.86. The third-order valence-electron chi connectivity index (χ3n) is 1.96. The van der Waals surface area contributed by atoms with Crippen LogP contribution in [0, 0.1) is 0 Å². The second kappa shape index (κ2) is 3.72. The Bertz CT molecular complexity index is 536. The minimum absolute atomic E-state index is 0.148. The number of hydrogen-bond acceptors (Lipinski definition) is 2. The van der Waals surface area contributed by atoms with Crippen LogP contribution in [-0.4, -0.2) is 20.6 Å². The fourth-order valence-electron chi connectivity index (χ4n) is 1.36. The van der Waals surface area contributed by atoms with Crippen molar-refractivity contribution < 1.29 is 9.90 Å². The highest BCUT2D eigenvalue weighted by atomic mass is 35.5. The van der Waals surface area contributed by atoms with E-state index in [1.165, 1.54) is 4.57 Å². The van der Waals surface area contributed by atoms with Crippen molar-refractivity contribution in [2.75, 3.05) is 0 Å². The van der Waals surface area contributed by atoms with E-state index in [0.717, 1.165) is 0 Å². The first-order valence-electron chi connectivity index (χ1n) is 4.11. The van der Waals surface area contributed by atoms with Gasteiger partial charge < -0.3 is 9.67 Å². The molecule has 2 aromatic rings. The molecule has 0 aliphatic heterocycles. The van der Waals surface area contributed by atoms with E-state index in [2.05, 4.69) is 4.98 Å². The van der Waals surface area contributed by atoms with E-state index in [9.17, 15) is 4.79 Å². The number of aliphatic carboxylic acids is 1. The predicted molar refractivity (Wildman–Crippen MR) is 57.4 cm³/mol. The molecule has 0 fully saturated rings. The van der Waals surface area contributed by atoms with Crippen molar-refractivity contribution in [1.29, 1.82) is 0 Å². The summed E-state index contributed by atoms with van der Waals surface area (Å²) in [7, 11) is 0. The van der Waals surface area contributed by atoms with E-state index in [1.807, 2.05) is 0 Å². The minimum Gasteiger partial charge on any atom is -0.480 e. The van der Waals surface area contributed by atoms with Crippen molar-refractivity contribution >= 4 is 40.2 Å². The summed E-state index contributed by atoms with van der Waals surface area (Å²) in [5, 5.41) is 9.38. The van der Waals surface area contributed by atoms with Crippen LogP contribution in [0.2, 0.25) is 10.3 Å². The fourth-order valence-corrected chi connectivity index (χ4v) is 1.77. The maximum absolute atomic E-state index is 10.6. The fraction of sp³-hybridized carbons (Fsp3) is 0.111. The molecule has 0 spiro atoms. The molecule has 0 atom stereocenters. The molecule has 1 N–H and O–H groups in total. The molecule has 1 heterocycles. The summed E-state index contributed by atoms with van der Waals surface area (Å²) in [4.78, 5) is 14.6. The molecule has 78 valence electrons. The number of carboxylic acid groups (broad SMARTS) is 1. The van der Waals surface area contributed by atoms with Crippen molar-refractivity contribution in [1.82, 2.24) is 9.55 Å². The van der Waals surface area contributed by atoms with E-state index in [1.54, 1.807) is 18.2 Å². The standard InChI is InChI=1S/C9H6Cl2N2O2/c10-5-1-2-7-6(3-5)12-9(11)13(7)4-8(14)15/h1-3H,4H2,(H,14,15). The van der Waals surface area contributed by atoms with Gasteiger partial charge in [0.15, 0.2) is 0 Å². The van der Waals surface area contributed by atoms with Crippen molar-refractivity contribution in [2.24, 2.45) is 0 Å². The van der Waals surface area contributed by atoms with Gasteiger partial charge in [0, 0.05) is 5.02 Å². The molecular weight excluding hydrogens is 239 g/mol. The quantitative estimate of drug-likeness (QED) is 0.883. The Morgan fingerprint density at radius 3 is 2.87 bits per heavy atom. The average Bonchev–Trinajstić information content (AvgIpc) is 2.41. The summed E-state index contributed by atoms with van der Waals surface area (Å²) in [5.74, 6) is -0.967. The van der Waals surface area contributed by atoms with Gasteiger partial charge in [0.25, 0.3) is 0 Å². The second-order valence-electron chi connectivity index (χ2n) is 2.99. The van der Waals surface area contributed by atoms with Gasteiger partial charge in [-0.1, -0.05) is 11.6 Å². The van der Waals surface area contributed by atoms with Gasteiger partial charge in [-0.2, -0.15) is 0 Å². The molecule has 0 aliphatic carbocycles. The monoisotopic (exact) mass is 244 g/mol. The first kappa shape index (κ1) is 10.3. The average molecular weight is 245 g/mol. The number of hydrogen-bond donors (Lipinski definition) is 1. The molecule has 1 aromatic heterocycles. The Morgan fingerprint density at radius 2 is 2.20 bits per heavy atom. The van der Waals surface area contributed by atoms with Crippen LogP contribution in [0.4, 0.5) is 0 Å². The van der Waals surface area contributed by atoms with Gasteiger partial charge in [-0.25, -0.2) is 4.98 Å². The van der Waals surface area contributed by atoms with E-state index >= 15 is 0 Å². The second-order valence-corrected chi connectivity index (χ2v) is 3.77. The van der Waals surface area contributed by atoms with Gasteiger partial charge in [-0.3, -0.25) is 4.79 Å². The molecule has 0 aliphatic rings. The molecule has 1 aromatic carbocycles. The maximum atomic E-state index is 10.6. The lowest BCUT2D eigenvalue weighted by atomic mass is 10.3. The van der Waals surface area contributed by atoms with E-state index in [-0.39, 0.29) is 11.8 Å². The lowest BCUT2D eigenvalue weighted by Crippen LogP contribution is -2.08. The van der Waals surface area contributed by atoms with Crippen LogP contribution >= 0.6 is 23.2 Å². The Kier molecular flexibility index (Phi) is 2.54. The van der Waals surface area contributed by atoms with Crippen molar-refractivity contribution in [3.8, 4) is 0 Å². The summed E-state index contributed by atoms with van der Waals surface area (Å²) in [6.45, 7) is -0.211. The third kappa shape index (κ3) is 1.91. The highest BCUT2D eigenvalue weighted by Crippen LogP contribution is 2.22. The summed E-state index contributed by atoms with van der Waals surface area (Å²) in [6.07, 6.45) is 0. The van der Waals surface area contributed by atoms with E-state index < -0.39 is 5.97 Å². The summed E-state index contributed by atoms with van der Waals surface area (Å²) in [6, 6.07) is 5.00. The van der Waals surface area contributed by atoms with E-state index in [0.29, 0.717) is 16.1 Å². The van der Waals surface area contributed by atoms with Gasteiger partial charge in [-0.15, -0.1) is 0 Å². The molecule has 4 nitrogen and oxygen atoms in total. The third-order valence-corrected chi connectivity index (χ3v) is 2.48. The number of benzene rings is 1. The lowest BCUT2D eigenvalue weighted by molar-refractivity contribution is -0.137. The molecular formula is C9H6Cl2N2O2. The zero-order chi connectivity index (χ0) is 11.0. The van der Waals surface area contributed by atoms with Crippen LogP contribution in [0.1, 0.15) is 0 Å². The summed E-state index contributed by atoms with van der Waals surface area (Å²) in [5.41, 5.74) is 1.25. The molecule has 0 saturated heterocycles. The van der Waals surface area contributed by atoms with Gasteiger partial charge >= 0.3 is 5.97 Å². The van der Waals surface area contributed by atoms with Gasteiger partial charge in [-0.05, 0) is 29.8 Å². The molecule has 0 unspecified atom stereocenters. The minimum atomic E-state index is -0.967. The smallest absolute Gasteiger partial charge is 0.323 e. The number of carboxylic acids is 1. The summed E-state index contributed by atoms with van der Waals surface area (Å²) >= 11 is 11.6. The number of fused-ring (bicyclic) bond motifs is 1. The Hall–Kier alpha value is -1.26. The molecule has 0 saturated carbocycles. The molecule has 0 amide bonds.